The van der Waals surface area contributed by atoms with E-state index >= 15 is 0 Å². The van der Waals surface area contributed by atoms with Gasteiger partial charge in [-0.05, 0) is 39.4 Å². The van der Waals surface area contributed by atoms with Crippen molar-refractivity contribution < 1.29 is 38.1 Å². The average Bonchev–Trinajstić information content (AvgIpc) is 2.68. The maximum Gasteiger partial charge on any atom is 0.407 e. The molecule has 0 aromatic heterocycles. The summed E-state index contributed by atoms with van der Waals surface area (Å²) in [5.41, 5.74) is -1.01. The second-order valence-electron chi connectivity index (χ2n) is 9.37. The molecule has 0 saturated carbocycles. The Hall–Kier alpha value is -2.01. The molecule has 11 heteroatoms. The summed E-state index contributed by atoms with van der Waals surface area (Å²) >= 11 is 1.51. The Morgan fingerprint density at radius 2 is 1.68 bits per heavy atom. The van der Waals surface area contributed by atoms with Crippen LogP contribution in [0.4, 0.5) is 4.79 Å². The van der Waals surface area contributed by atoms with E-state index in [4.69, 9.17) is 18.9 Å². The van der Waals surface area contributed by atoms with Gasteiger partial charge in [0.15, 0.2) is 0 Å². The van der Waals surface area contributed by atoms with Crippen LogP contribution in [0.1, 0.15) is 67.7 Å². The largest absolute Gasteiger partial charge is 0.463 e. The Labute approximate surface area is 206 Å². The Kier molecular flexibility index (Phi) is 12.7. The minimum absolute atomic E-state index is 0.0362. The molecule has 0 bridgehead atoms. The SMILES string of the molecule is CC(=O)NC1[C@@H](OC(C)=O)[C@@H](C)C(COC(C)=O)O[C@H]1SCCCCCNC(=O)OC(C)(C)C. The molecule has 0 aliphatic carbocycles. The van der Waals surface area contributed by atoms with Crippen LogP contribution in [0.15, 0.2) is 0 Å². The van der Waals surface area contributed by atoms with E-state index in [1.807, 2.05) is 27.7 Å². The second kappa shape index (κ2) is 14.4. The summed E-state index contributed by atoms with van der Waals surface area (Å²) in [7, 11) is 0. The topological polar surface area (TPSA) is 129 Å². The lowest BCUT2D eigenvalue weighted by Crippen LogP contribution is -2.61. The fraction of sp³-hybridized carbons (Fsp3) is 0.826. The first-order valence-electron chi connectivity index (χ1n) is 11.6. The zero-order valence-electron chi connectivity index (χ0n) is 21.3. The second-order valence-corrected chi connectivity index (χ2v) is 10.6. The highest BCUT2D eigenvalue weighted by molar-refractivity contribution is 7.99. The fourth-order valence-corrected chi connectivity index (χ4v) is 4.73. The number of alkyl carbamates (subject to hydrolysis) is 1. The normalized spacial score (nSPS) is 24.6. The third kappa shape index (κ3) is 11.9. The van der Waals surface area contributed by atoms with Crippen molar-refractivity contribution in [3.05, 3.63) is 0 Å². The van der Waals surface area contributed by atoms with Gasteiger partial charge >= 0.3 is 18.0 Å². The van der Waals surface area contributed by atoms with Crippen LogP contribution >= 0.6 is 11.8 Å². The van der Waals surface area contributed by atoms with Gasteiger partial charge in [0.05, 0.1) is 6.10 Å². The summed E-state index contributed by atoms with van der Waals surface area (Å²) in [6.07, 6.45) is 0.999. The van der Waals surface area contributed by atoms with Crippen molar-refractivity contribution in [3.8, 4) is 0 Å². The van der Waals surface area contributed by atoms with Crippen LogP contribution in [-0.4, -0.2) is 72.1 Å². The third-order valence-electron chi connectivity index (χ3n) is 4.96. The molecule has 10 nitrogen and oxygen atoms in total. The number of unbranched alkanes of at least 4 members (excludes halogenated alkanes) is 2. The number of ether oxygens (including phenoxy) is 4. The fourth-order valence-electron chi connectivity index (χ4n) is 3.47. The summed E-state index contributed by atoms with van der Waals surface area (Å²) in [5, 5.41) is 5.60. The molecule has 196 valence electrons. The Morgan fingerprint density at radius 3 is 2.24 bits per heavy atom. The molecule has 0 spiro atoms. The summed E-state index contributed by atoms with van der Waals surface area (Å²) in [5.74, 6) is -0.699. The van der Waals surface area contributed by atoms with Crippen molar-refractivity contribution in [3.63, 3.8) is 0 Å². The van der Waals surface area contributed by atoms with Crippen LogP contribution in [0.5, 0.6) is 0 Å². The molecule has 1 aliphatic heterocycles. The molecular weight excluding hydrogens is 464 g/mol. The molecule has 5 atom stereocenters. The maximum atomic E-state index is 11.9. The van der Waals surface area contributed by atoms with E-state index in [-0.39, 0.29) is 18.4 Å². The molecule has 1 rings (SSSR count). The van der Waals surface area contributed by atoms with E-state index < -0.39 is 47.3 Å². The van der Waals surface area contributed by atoms with Gasteiger partial charge in [0.2, 0.25) is 5.91 Å². The first-order valence-corrected chi connectivity index (χ1v) is 12.7. The molecule has 0 aromatic rings. The van der Waals surface area contributed by atoms with Crippen LogP contribution in [0.2, 0.25) is 0 Å². The van der Waals surface area contributed by atoms with Gasteiger partial charge in [-0.25, -0.2) is 4.79 Å². The number of amides is 2. The highest BCUT2D eigenvalue weighted by Crippen LogP contribution is 2.34. The lowest BCUT2D eigenvalue weighted by atomic mass is 9.89. The summed E-state index contributed by atoms with van der Waals surface area (Å²) < 4.78 is 22.1. The first-order chi connectivity index (χ1) is 15.8. The Bertz CT molecular complexity index is 697. The predicted octanol–water partition coefficient (Wildman–Crippen LogP) is 2.78. The number of esters is 2. The van der Waals surface area contributed by atoms with Gasteiger partial charge < -0.3 is 29.6 Å². The molecule has 2 unspecified atom stereocenters. The summed E-state index contributed by atoms with van der Waals surface area (Å²) in [6, 6.07) is -0.538. The van der Waals surface area contributed by atoms with E-state index in [2.05, 4.69) is 10.6 Å². The molecule has 2 N–H and O–H groups in total. The standard InChI is InChI=1S/C23H40N2O8S/c1-14-18(13-30-16(3)27)32-21(19(25-15(2)26)20(14)31-17(4)28)34-12-10-8-9-11-24-22(29)33-23(5,6)7/h14,18-21H,8-13H2,1-7H3,(H,24,29)(H,25,26)/t14-,18?,19?,20-,21-/m0/s1. The van der Waals surface area contributed by atoms with Gasteiger partial charge in [0, 0.05) is 33.2 Å². The van der Waals surface area contributed by atoms with E-state index in [0.717, 1.165) is 25.0 Å². The Balaban J connectivity index is 2.64. The van der Waals surface area contributed by atoms with Crippen LogP contribution in [-0.2, 0) is 33.3 Å². The lowest BCUT2D eigenvalue weighted by Gasteiger charge is -2.44. The van der Waals surface area contributed by atoms with Gasteiger partial charge in [-0.15, -0.1) is 11.8 Å². The van der Waals surface area contributed by atoms with Gasteiger partial charge in [-0.1, -0.05) is 13.3 Å². The van der Waals surface area contributed by atoms with Crippen LogP contribution in [0.25, 0.3) is 0 Å². The average molecular weight is 505 g/mol. The Morgan fingerprint density at radius 1 is 1.00 bits per heavy atom. The van der Waals surface area contributed by atoms with Gasteiger partial charge in [-0.2, -0.15) is 0 Å². The molecule has 1 heterocycles. The van der Waals surface area contributed by atoms with E-state index in [0.29, 0.717) is 6.54 Å². The molecule has 2 amide bonds. The van der Waals surface area contributed by atoms with E-state index in [1.165, 1.54) is 32.5 Å². The number of hydrogen-bond acceptors (Lipinski definition) is 9. The smallest absolute Gasteiger partial charge is 0.407 e. The summed E-state index contributed by atoms with van der Waals surface area (Å²) in [6.45, 7) is 11.9. The minimum Gasteiger partial charge on any atom is -0.463 e. The number of thioether (sulfide) groups is 1. The quantitative estimate of drug-likeness (QED) is 0.248. The van der Waals surface area contributed by atoms with Gasteiger partial charge in [0.25, 0.3) is 0 Å². The number of carbonyl (C=O) groups excluding carboxylic acids is 4. The predicted molar refractivity (Wildman–Crippen MR) is 128 cm³/mol. The van der Waals surface area contributed by atoms with Crippen LogP contribution in [0.3, 0.4) is 0 Å². The van der Waals surface area contributed by atoms with Gasteiger partial charge in [-0.3, -0.25) is 14.4 Å². The first kappa shape index (κ1) is 30.0. The number of rotatable bonds is 11. The maximum absolute atomic E-state index is 11.9. The van der Waals surface area contributed by atoms with Crippen LogP contribution < -0.4 is 10.6 Å². The molecule has 0 aromatic carbocycles. The van der Waals surface area contributed by atoms with Crippen LogP contribution in [0, 0.1) is 5.92 Å². The number of hydrogen-bond donors (Lipinski definition) is 2. The highest BCUT2D eigenvalue weighted by Gasteiger charge is 2.46. The number of nitrogens with one attached hydrogen (secondary N) is 2. The van der Waals surface area contributed by atoms with Crippen molar-refractivity contribution in [2.24, 2.45) is 5.92 Å². The van der Waals surface area contributed by atoms with E-state index in [1.54, 1.807) is 0 Å². The van der Waals surface area contributed by atoms with Crippen molar-refractivity contribution >= 4 is 35.7 Å². The third-order valence-corrected chi connectivity index (χ3v) is 6.21. The van der Waals surface area contributed by atoms with Gasteiger partial charge in [0.1, 0.15) is 29.8 Å². The van der Waals surface area contributed by atoms with Crippen molar-refractivity contribution in [1.29, 1.82) is 0 Å². The molecule has 1 aliphatic rings. The highest BCUT2D eigenvalue weighted by atomic mass is 32.2. The molecular formula is C23H40N2O8S. The zero-order valence-corrected chi connectivity index (χ0v) is 22.1. The zero-order chi connectivity index (χ0) is 25.9. The minimum atomic E-state index is -0.619. The van der Waals surface area contributed by atoms with Crippen molar-refractivity contribution in [1.82, 2.24) is 10.6 Å². The molecule has 0 radical (unpaired) electrons. The molecule has 34 heavy (non-hydrogen) atoms. The lowest BCUT2D eigenvalue weighted by molar-refractivity contribution is -0.180. The summed E-state index contributed by atoms with van der Waals surface area (Å²) in [4.78, 5) is 46.6. The molecule has 1 fully saturated rings. The van der Waals surface area contributed by atoms with Crippen molar-refractivity contribution in [2.45, 2.75) is 97.0 Å². The molecule has 1 saturated heterocycles. The van der Waals surface area contributed by atoms with E-state index in [9.17, 15) is 19.2 Å². The monoisotopic (exact) mass is 504 g/mol. The van der Waals surface area contributed by atoms with Crippen molar-refractivity contribution in [2.75, 3.05) is 18.9 Å². The number of carbonyl (C=O) groups is 4.